The average molecular weight is 273 g/mol. The van der Waals surface area contributed by atoms with Crippen LogP contribution in [0.15, 0.2) is 71.5 Å². The van der Waals surface area contributed by atoms with Crippen molar-refractivity contribution in [1.29, 1.82) is 0 Å². The largest absolute Gasteiger partial charge is 0.307 e. The first kappa shape index (κ1) is 12.2. The summed E-state index contributed by atoms with van der Waals surface area (Å²) in [7, 11) is 0. The van der Waals surface area contributed by atoms with E-state index < -0.39 is 0 Å². The molecule has 3 aromatic rings. The van der Waals surface area contributed by atoms with Gasteiger partial charge in [0.05, 0.1) is 5.69 Å². The molecule has 1 aromatic heterocycles. The molecule has 0 N–H and O–H groups in total. The number of aromatic nitrogens is 1. The van der Waals surface area contributed by atoms with Gasteiger partial charge in [-0.1, -0.05) is 54.6 Å². The maximum atomic E-state index is 12.8. The third-order valence-electron chi connectivity index (χ3n) is 4.16. The molecule has 2 nitrogen and oxygen atoms in total. The van der Waals surface area contributed by atoms with Gasteiger partial charge < -0.3 is 4.57 Å². The smallest absolute Gasteiger partial charge is 0.258 e. The van der Waals surface area contributed by atoms with Crippen molar-refractivity contribution in [3.8, 4) is 22.4 Å². The highest BCUT2D eigenvalue weighted by atomic mass is 16.1. The van der Waals surface area contributed by atoms with Crippen molar-refractivity contribution in [1.82, 2.24) is 4.57 Å². The molecule has 1 aliphatic rings. The number of pyridine rings is 1. The van der Waals surface area contributed by atoms with Gasteiger partial charge in [0, 0.05) is 17.7 Å². The van der Waals surface area contributed by atoms with Gasteiger partial charge in [0.2, 0.25) is 0 Å². The first-order valence-corrected chi connectivity index (χ1v) is 7.22. The Morgan fingerprint density at radius 1 is 0.762 bits per heavy atom. The molecule has 4 rings (SSSR count). The number of rotatable bonds is 1. The summed E-state index contributed by atoms with van der Waals surface area (Å²) < 4.78 is 1.91. The molecule has 0 saturated carbocycles. The van der Waals surface area contributed by atoms with Crippen LogP contribution in [0.3, 0.4) is 0 Å². The molecular weight excluding hydrogens is 258 g/mol. The van der Waals surface area contributed by atoms with Crippen molar-refractivity contribution in [2.45, 2.75) is 13.0 Å². The minimum atomic E-state index is 0.105. The highest BCUT2D eigenvalue weighted by Crippen LogP contribution is 2.29. The normalized spacial score (nSPS) is 12.6. The molecule has 0 spiro atoms. The van der Waals surface area contributed by atoms with Crippen molar-refractivity contribution >= 4 is 0 Å². The summed E-state index contributed by atoms with van der Waals surface area (Å²) >= 11 is 0. The topological polar surface area (TPSA) is 22.0 Å². The van der Waals surface area contributed by atoms with Crippen molar-refractivity contribution in [2.24, 2.45) is 0 Å². The quantitative estimate of drug-likeness (QED) is 0.662. The van der Waals surface area contributed by atoms with Crippen LogP contribution in [-0.4, -0.2) is 4.57 Å². The molecule has 0 radical (unpaired) electrons. The SMILES string of the molecule is O=c1c(-c2ccccc2)ccc2n1CCc1ccccc1-2. The van der Waals surface area contributed by atoms with Crippen molar-refractivity contribution in [2.75, 3.05) is 0 Å². The Morgan fingerprint density at radius 3 is 2.38 bits per heavy atom. The van der Waals surface area contributed by atoms with E-state index in [0.29, 0.717) is 0 Å². The summed E-state index contributed by atoms with van der Waals surface area (Å²) in [6.07, 6.45) is 0.918. The highest BCUT2D eigenvalue weighted by Gasteiger charge is 2.18. The molecular formula is C19H15NO. The molecule has 0 fully saturated rings. The Labute approximate surface area is 123 Å². The molecule has 0 unspecified atom stereocenters. The van der Waals surface area contributed by atoms with Crippen molar-refractivity contribution in [3.63, 3.8) is 0 Å². The Hall–Kier alpha value is -2.61. The lowest BCUT2D eigenvalue weighted by atomic mass is 9.96. The standard InChI is InChI=1S/C19H15NO/c21-19-17(14-6-2-1-3-7-14)10-11-18-16-9-5-4-8-15(16)12-13-20(18)19/h1-11H,12-13H2. The molecule has 1 aliphatic heterocycles. The minimum absolute atomic E-state index is 0.105. The fourth-order valence-corrected chi connectivity index (χ4v) is 3.09. The van der Waals surface area contributed by atoms with Crippen LogP contribution in [0.25, 0.3) is 22.4 Å². The van der Waals surface area contributed by atoms with Gasteiger partial charge in [0.25, 0.3) is 5.56 Å². The van der Waals surface area contributed by atoms with E-state index in [2.05, 4.69) is 24.3 Å². The van der Waals surface area contributed by atoms with Crippen LogP contribution in [0, 0.1) is 0 Å². The Morgan fingerprint density at radius 2 is 1.52 bits per heavy atom. The van der Waals surface area contributed by atoms with Gasteiger partial charge in [-0.3, -0.25) is 4.79 Å². The van der Waals surface area contributed by atoms with E-state index in [1.165, 1.54) is 11.1 Å². The van der Waals surface area contributed by atoms with Crippen molar-refractivity contribution < 1.29 is 0 Å². The van der Waals surface area contributed by atoms with E-state index >= 15 is 0 Å². The van der Waals surface area contributed by atoms with Crippen LogP contribution < -0.4 is 5.56 Å². The summed E-state index contributed by atoms with van der Waals surface area (Å²) in [5, 5.41) is 0. The molecule has 0 bridgehead atoms. The zero-order chi connectivity index (χ0) is 14.2. The third-order valence-corrected chi connectivity index (χ3v) is 4.16. The van der Waals surface area contributed by atoms with Crippen LogP contribution in [-0.2, 0) is 13.0 Å². The lowest BCUT2D eigenvalue weighted by Gasteiger charge is -2.22. The summed E-state index contributed by atoms with van der Waals surface area (Å²) in [6, 6.07) is 22.2. The molecule has 2 heteroatoms. The fraction of sp³-hybridized carbons (Fsp3) is 0.105. The monoisotopic (exact) mass is 273 g/mol. The minimum Gasteiger partial charge on any atom is -0.307 e. The first-order valence-electron chi connectivity index (χ1n) is 7.22. The molecule has 0 amide bonds. The highest BCUT2D eigenvalue weighted by molar-refractivity contribution is 5.70. The summed E-state index contributed by atoms with van der Waals surface area (Å²) in [5.41, 5.74) is 5.40. The van der Waals surface area contributed by atoms with Crippen LogP contribution >= 0.6 is 0 Å². The van der Waals surface area contributed by atoms with E-state index in [-0.39, 0.29) is 5.56 Å². The van der Waals surface area contributed by atoms with Crippen molar-refractivity contribution in [3.05, 3.63) is 82.6 Å². The predicted molar refractivity (Wildman–Crippen MR) is 85.3 cm³/mol. The zero-order valence-corrected chi connectivity index (χ0v) is 11.6. The molecule has 21 heavy (non-hydrogen) atoms. The number of fused-ring (bicyclic) bond motifs is 3. The van der Waals surface area contributed by atoms with E-state index in [0.717, 1.165) is 29.8 Å². The number of hydrogen-bond acceptors (Lipinski definition) is 1. The average Bonchev–Trinajstić information content (AvgIpc) is 2.56. The fourth-order valence-electron chi connectivity index (χ4n) is 3.09. The molecule has 2 aromatic carbocycles. The lowest BCUT2D eigenvalue weighted by molar-refractivity contribution is 0.660. The van der Waals surface area contributed by atoms with Gasteiger partial charge in [-0.15, -0.1) is 0 Å². The second-order valence-corrected chi connectivity index (χ2v) is 5.36. The van der Waals surface area contributed by atoms with Gasteiger partial charge in [-0.25, -0.2) is 0 Å². The molecule has 2 heterocycles. The Kier molecular flexibility index (Phi) is 2.74. The first-order chi connectivity index (χ1) is 10.3. The molecule has 0 atom stereocenters. The Bertz CT molecular complexity index is 862. The second-order valence-electron chi connectivity index (χ2n) is 5.36. The third kappa shape index (κ3) is 1.91. The van der Waals surface area contributed by atoms with Gasteiger partial charge >= 0.3 is 0 Å². The maximum Gasteiger partial charge on any atom is 0.258 e. The second kappa shape index (κ2) is 4.74. The number of benzene rings is 2. The van der Waals surface area contributed by atoms with Crippen LogP contribution in [0.1, 0.15) is 5.56 Å². The predicted octanol–water partition coefficient (Wildman–Crippen LogP) is 3.74. The van der Waals surface area contributed by atoms with Gasteiger partial charge in [-0.2, -0.15) is 0 Å². The number of nitrogens with zero attached hydrogens (tertiary/aromatic N) is 1. The molecule has 0 aliphatic carbocycles. The van der Waals surface area contributed by atoms with Crippen LogP contribution in [0.5, 0.6) is 0 Å². The maximum absolute atomic E-state index is 12.8. The Balaban J connectivity index is 1.94. The van der Waals surface area contributed by atoms with E-state index in [9.17, 15) is 4.79 Å². The van der Waals surface area contributed by atoms with Gasteiger partial charge in [-0.05, 0) is 29.7 Å². The van der Waals surface area contributed by atoms with Gasteiger partial charge in [0.1, 0.15) is 0 Å². The van der Waals surface area contributed by atoms with Crippen LogP contribution in [0.2, 0.25) is 0 Å². The lowest BCUT2D eigenvalue weighted by Crippen LogP contribution is -2.27. The zero-order valence-electron chi connectivity index (χ0n) is 11.6. The molecule has 0 saturated heterocycles. The van der Waals surface area contributed by atoms with E-state index in [1.807, 2.05) is 47.0 Å². The summed E-state index contributed by atoms with van der Waals surface area (Å²) in [4.78, 5) is 12.8. The number of aryl methyl sites for hydroxylation is 1. The summed E-state index contributed by atoms with van der Waals surface area (Å²) in [5.74, 6) is 0. The van der Waals surface area contributed by atoms with Crippen LogP contribution in [0.4, 0.5) is 0 Å². The van der Waals surface area contributed by atoms with Gasteiger partial charge in [0.15, 0.2) is 0 Å². The summed E-state index contributed by atoms with van der Waals surface area (Å²) in [6.45, 7) is 0.756. The molecule has 102 valence electrons. The van der Waals surface area contributed by atoms with E-state index in [4.69, 9.17) is 0 Å². The van der Waals surface area contributed by atoms with E-state index in [1.54, 1.807) is 0 Å². The number of hydrogen-bond donors (Lipinski definition) is 0.